The fourth-order valence-corrected chi connectivity index (χ4v) is 2.44. The van der Waals surface area contributed by atoms with Gasteiger partial charge in [-0.1, -0.05) is 17.7 Å². The summed E-state index contributed by atoms with van der Waals surface area (Å²) in [4.78, 5) is 14.0. The van der Waals surface area contributed by atoms with E-state index in [0.29, 0.717) is 13.1 Å². The molecule has 0 fully saturated rings. The monoisotopic (exact) mass is 321 g/mol. The number of carbonyl (C=O) groups is 1. The number of alkyl carbamates (subject to hydrolysis) is 1. The van der Waals surface area contributed by atoms with Gasteiger partial charge in [-0.05, 0) is 53.2 Å². The minimum atomic E-state index is -0.477. The molecule has 1 amide bonds. The lowest BCUT2D eigenvalue weighted by Gasteiger charge is -2.32. The maximum Gasteiger partial charge on any atom is 0.407 e. The zero-order valence-electron chi connectivity index (χ0n) is 15.1. The molecule has 1 aromatic rings. The van der Waals surface area contributed by atoms with Gasteiger partial charge in [-0.15, -0.1) is 0 Å². The molecule has 130 valence electrons. The lowest BCUT2D eigenvalue weighted by atomic mass is 10.1. The van der Waals surface area contributed by atoms with Crippen LogP contribution >= 0.6 is 0 Å². The molecule has 23 heavy (non-hydrogen) atoms. The van der Waals surface area contributed by atoms with Crippen LogP contribution in [0.25, 0.3) is 0 Å². The molecule has 0 bridgehead atoms. The SMILES string of the molecule is CCN(c1ccc(C)cc1)C(CN)CCNC(=O)OC(C)(C)C. The average Bonchev–Trinajstić information content (AvgIpc) is 2.46. The van der Waals surface area contributed by atoms with E-state index in [9.17, 15) is 4.79 Å². The maximum absolute atomic E-state index is 11.7. The quantitative estimate of drug-likeness (QED) is 0.810. The molecule has 1 atom stereocenters. The van der Waals surface area contributed by atoms with Crippen molar-refractivity contribution < 1.29 is 9.53 Å². The number of nitrogens with zero attached hydrogens (tertiary/aromatic N) is 1. The molecular formula is C18H31N3O2. The molecule has 1 unspecified atom stereocenters. The van der Waals surface area contributed by atoms with Crippen molar-refractivity contribution in [1.82, 2.24) is 5.32 Å². The Bertz CT molecular complexity index is 480. The van der Waals surface area contributed by atoms with Gasteiger partial charge in [0.1, 0.15) is 5.60 Å². The van der Waals surface area contributed by atoms with Gasteiger partial charge in [0.05, 0.1) is 0 Å². The van der Waals surface area contributed by atoms with Crippen molar-refractivity contribution in [1.29, 1.82) is 0 Å². The number of nitrogens with two attached hydrogens (primary N) is 1. The summed E-state index contributed by atoms with van der Waals surface area (Å²) in [5, 5.41) is 2.80. The molecule has 0 radical (unpaired) electrons. The van der Waals surface area contributed by atoms with Crippen molar-refractivity contribution in [2.45, 2.75) is 52.7 Å². The summed E-state index contributed by atoms with van der Waals surface area (Å²) in [6.45, 7) is 11.7. The van der Waals surface area contributed by atoms with Crippen LogP contribution in [0.2, 0.25) is 0 Å². The van der Waals surface area contributed by atoms with E-state index in [1.54, 1.807) is 0 Å². The van der Waals surface area contributed by atoms with Gasteiger partial charge in [0.2, 0.25) is 0 Å². The Balaban J connectivity index is 2.57. The molecular weight excluding hydrogens is 290 g/mol. The van der Waals surface area contributed by atoms with Crippen LogP contribution in [0.1, 0.15) is 39.7 Å². The van der Waals surface area contributed by atoms with Gasteiger partial charge in [-0.3, -0.25) is 0 Å². The van der Waals surface area contributed by atoms with Gasteiger partial charge < -0.3 is 20.7 Å². The Morgan fingerprint density at radius 1 is 1.30 bits per heavy atom. The summed E-state index contributed by atoms with van der Waals surface area (Å²) in [5.41, 5.74) is 7.87. The van der Waals surface area contributed by atoms with Crippen molar-refractivity contribution in [3.63, 3.8) is 0 Å². The molecule has 5 nitrogen and oxygen atoms in total. The second-order valence-corrected chi connectivity index (χ2v) is 6.73. The van der Waals surface area contributed by atoms with Gasteiger partial charge >= 0.3 is 6.09 Å². The normalized spacial score (nSPS) is 12.6. The van der Waals surface area contributed by atoms with Crippen LogP contribution in [0.15, 0.2) is 24.3 Å². The Labute approximate surface area is 140 Å². The molecule has 0 saturated carbocycles. The van der Waals surface area contributed by atoms with Crippen LogP contribution in [0, 0.1) is 6.92 Å². The number of carbonyl (C=O) groups excluding carboxylic acids is 1. The van der Waals surface area contributed by atoms with Gasteiger partial charge in [0, 0.05) is 31.4 Å². The predicted molar refractivity (Wildman–Crippen MR) is 95.9 cm³/mol. The standard InChI is InChI=1S/C18H31N3O2/c1-6-21(15-9-7-14(2)8-10-15)16(13-19)11-12-20-17(22)23-18(3,4)5/h7-10,16H,6,11-13,19H2,1-5H3,(H,20,22). The molecule has 0 aliphatic rings. The topological polar surface area (TPSA) is 67.6 Å². The minimum Gasteiger partial charge on any atom is -0.444 e. The highest BCUT2D eigenvalue weighted by Crippen LogP contribution is 2.18. The summed E-state index contributed by atoms with van der Waals surface area (Å²) in [5.74, 6) is 0. The Morgan fingerprint density at radius 3 is 2.39 bits per heavy atom. The smallest absolute Gasteiger partial charge is 0.407 e. The zero-order valence-corrected chi connectivity index (χ0v) is 15.1. The molecule has 0 heterocycles. The number of likely N-dealkylation sites (N-methyl/N-ethyl adjacent to an activating group) is 1. The number of hydrogen-bond acceptors (Lipinski definition) is 4. The number of ether oxygens (including phenoxy) is 1. The van der Waals surface area contributed by atoms with Crippen molar-refractivity contribution >= 4 is 11.8 Å². The number of rotatable bonds is 7. The summed E-state index contributed by atoms with van der Waals surface area (Å²) in [6, 6.07) is 8.61. The highest BCUT2D eigenvalue weighted by Gasteiger charge is 2.18. The summed E-state index contributed by atoms with van der Waals surface area (Å²) >= 11 is 0. The third-order valence-corrected chi connectivity index (χ3v) is 3.56. The largest absolute Gasteiger partial charge is 0.444 e. The molecule has 0 saturated heterocycles. The highest BCUT2D eigenvalue weighted by atomic mass is 16.6. The number of anilines is 1. The second-order valence-electron chi connectivity index (χ2n) is 6.73. The van der Waals surface area contributed by atoms with Crippen LogP contribution in [0.3, 0.4) is 0 Å². The third kappa shape index (κ3) is 6.91. The van der Waals surface area contributed by atoms with Crippen LogP contribution in [0.4, 0.5) is 10.5 Å². The highest BCUT2D eigenvalue weighted by molar-refractivity contribution is 5.67. The number of nitrogens with one attached hydrogen (secondary N) is 1. The Kier molecular flexibility index (Phi) is 7.36. The number of aryl methyl sites for hydroxylation is 1. The maximum atomic E-state index is 11.7. The molecule has 5 heteroatoms. The van der Waals surface area contributed by atoms with Gasteiger partial charge in [-0.2, -0.15) is 0 Å². The predicted octanol–water partition coefficient (Wildman–Crippen LogP) is 3.06. The van der Waals surface area contributed by atoms with E-state index in [1.165, 1.54) is 5.56 Å². The van der Waals surface area contributed by atoms with Crippen molar-refractivity contribution in [2.24, 2.45) is 5.73 Å². The van der Waals surface area contributed by atoms with Gasteiger partial charge in [0.25, 0.3) is 0 Å². The molecule has 0 spiro atoms. The van der Waals surface area contributed by atoms with E-state index in [2.05, 4.69) is 48.3 Å². The fourth-order valence-electron chi connectivity index (χ4n) is 2.44. The number of hydrogen-bond donors (Lipinski definition) is 2. The van der Waals surface area contributed by atoms with E-state index in [0.717, 1.165) is 18.7 Å². The fraction of sp³-hybridized carbons (Fsp3) is 0.611. The van der Waals surface area contributed by atoms with Crippen LogP contribution in [0.5, 0.6) is 0 Å². The second kappa shape index (κ2) is 8.77. The first-order valence-electron chi connectivity index (χ1n) is 8.27. The summed E-state index contributed by atoms with van der Waals surface area (Å²) in [6.07, 6.45) is 0.393. The lowest BCUT2D eigenvalue weighted by molar-refractivity contribution is 0.0526. The van der Waals surface area contributed by atoms with E-state index in [4.69, 9.17) is 10.5 Å². The summed E-state index contributed by atoms with van der Waals surface area (Å²) < 4.78 is 5.24. The average molecular weight is 321 g/mol. The molecule has 1 aromatic carbocycles. The number of benzene rings is 1. The van der Waals surface area contributed by atoms with Crippen molar-refractivity contribution in [3.05, 3.63) is 29.8 Å². The zero-order chi connectivity index (χ0) is 17.5. The van der Waals surface area contributed by atoms with Crippen LogP contribution in [-0.2, 0) is 4.74 Å². The van der Waals surface area contributed by atoms with Crippen molar-refractivity contribution in [3.8, 4) is 0 Å². The first-order chi connectivity index (χ1) is 10.8. The van der Waals surface area contributed by atoms with Gasteiger partial charge in [0.15, 0.2) is 0 Å². The minimum absolute atomic E-state index is 0.178. The molecule has 0 aliphatic carbocycles. The first-order valence-corrected chi connectivity index (χ1v) is 8.27. The van der Waals surface area contributed by atoms with E-state index >= 15 is 0 Å². The van der Waals surface area contributed by atoms with Crippen LogP contribution in [-0.4, -0.2) is 37.4 Å². The van der Waals surface area contributed by atoms with E-state index in [-0.39, 0.29) is 12.1 Å². The first kappa shape index (κ1) is 19.3. The molecule has 0 aliphatic heterocycles. The molecule has 3 N–H and O–H groups in total. The number of amides is 1. The van der Waals surface area contributed by atoms with Crippen LogP contribution < -0.4 is 16.0 Å². The Hall–Kier alpha value is -1.75. The van der Waals surface area contributed by atoms with E-state index < -0.39 is 5.60 Å². The third-order valence-electron chi connectivity index (χ3n) is 3.56. The summed E-state index contributed by atoms with van der Waals surface area (Å²) in [7, 11) is 0. The molecule has 0 aromatic heterocycles. The lowest BCUT2D eigenvalue weighted by Crippen LogP contribution is -2.43. The Morgan fingerprint density at radius 2 is 1.91 bits per heavy atom. The van der Waals surface area contributed by atoms with E-state index in [1.807, 2.05) is 20.8 Å². The van der Waals surface area contributed by atoms with Crippen molar-refractivity contribution in [2.75, 3.05) is 24.5 Å². The van der Waals surface area contributed by atoms with Gasteiger partial charge in [-0.25, -0.2) is 4.79 Å². The molecule has 1 rings (SSSR count).